The first-order valence-corrected chi connectivity index (χ1v) is 12.6. The fourth-order valence-electron chi connectivity index (χ4n) is 5.04. The number of aromatic amines is 1. The predicted octanol–water partition coefficient (Wildman–Crippen LogP) is 6.70. The van der Waals surface area contributed by atoms with Gasteiger partial charge in [0.1, 0.15) is 0 Å². The molecule has 1 heterocycles. The number of allylic oxidation sites excluding steroid dienone is 1. The van der Waals surface area contributed by atoms with Crippen molar-refractivity contribution >= 4 is 11.6 Å². The van der Waals surface area contributed by atoms with E-state index < -0.39 is 0 Å². The summed E-state index contributed by atoms with van der Waals surface area (Å²) in [4.78, 5) is 16.0. The minimum atomic E-state index is -0.248. The van der Waals surface area contributed by atoms with Crippen LogP contribution in [0.1, 0.15) is 61.0 Å². The third-order valence-corrected chi connectivity index (χ3v) is 6.91. The second-order valence-corrected chi connectivity index (χ2v) is 9.33. The predicted molar refractivity (Wildman–Crippen MR) is 145 cm³/mol. The Balaban J connectivity index is 1.54. The number of ether oxygens (including phenoxy) is 2. The molecule has 0 atom stereocenters. The number of imidazole rings is 1. The van der Waals surface area contributed by atoms with E-state index in [-0.39, 0.29) is 17.8 Å². The van der Waals surface area contributed by atoms with Gasteiger partial charge in [-0.2, -0.15) is 0 Å². The number of aromatic nitrogens is 2. The van der Waals surface area contributed by atoms with Crippen LogP contribution >= 0.6 is 0 Å². The fraction of sp³-hybridized carbons (Fsp3) is 0.258. The Labute approximate surface area is 212 Å². The summed E-state index contributed by atoms with van der Waals surface area (Å²) in [6.45, 7) is 2.06. The summed E-state index contributed by atoms with van der Waals surface area (Å²) in [5.41, 5.74) is 4.82. The highest BCUT2D eigenvalue weighted by Gasteiger charge is 2.21. The molecule has 1 aliphatic carbocycles. The van der Waals surface area contributed by atoms with Crippen molar-refractivity contribution in [3.05, 3.63) is 118 Å². The van der Waals surface area contributed by atoms with Gasteiger partial charge in [-0.15, -0.1) is 0 Å². The molecule has 3 aromatic carbocycles. The molecule has 184 valence electrons. The molecular weight excluding hydrogens is 448 g/mol. The first kappa shape index (κ1) is 23.7. The monoisotopic (exact) mass is 480 g/mol. The second kappa shape index (κ2) is 10.7. The summed E-state index contributed by atoms with van der Waals surface area (Å²) in [5, 5.41) is 0. The summed E-state index contributed by atoms with van der Waals surface area (Å²) in [6.07, 6.45) is 8.66. The van der Waals surface area contributed by atoms with Crippen molar-refractivity contribution in [2.75, 3.05) is 7.11 Å². The first-order valence-electron chi connectivity index (χ1n) is 12.6. The molecule has 1 N–H and O–H groups in total. The van der Waals surface area contributed by atoms with E-state index in [4.69, 9.17) is 9.47 Å². The van der Waals surface area contributed by atoms with Crippen LogP contribution in [0, 0.1) is 0 Å². The molecule has 5 heteroatoms. The lowest BCUT2D eigenvalue weighted by atomic mass is 9.98. The van der Waals surface area contributed by atoms with Crippen molar-refractivity contribution in [1.82, 2.24) is 9.55 Å². The van der Waals surface area contributed by atoms with Gasteiger partial charge >= 0.3 is 5.69 Å². The lowest BCUT2D eigenvalue weighted by Crippen LogP contribution is -2.25. The van der Waals surface area contributed by atoms with Crippen molar-refractivity contribution < 1.29 is 9.47 Å². The molecule has 1 saturated carbocycles. The van der Waals surface area contributed by atoms with Gasteiger partial charge < -0.3 is 14.5 Å². The number of rotatable bonds is 8. The van der Waals surface area contributed by atoms with E-state index in [0.717, 1.165) is 52.3 Å². The summed E-state index contributed by atoms with van der Waals surface area (Å²) in [6, 6.07) is 26.1. The van der Waals surface area contributed by atoms with E-state index in [2.05, 4.69) is 42.2 Å². The zero-order valence-electron chi connectivity index (χ0n) is 20.8. The summed E-state index contributed by atoms with van der Waals surface area (Å²) in [7, 11) is 1.67. The molecule has 0 spiro atoms. The van der Waals surface area contributed by atoms with Crippen LogP contribution in [0.2, 0.25) is 0 Å². The van der Waals surface area contributed by atoms with Gasteiger partial charge in [0, 0.05) is 6.20 Å². The lowest BCUT2D eigenvalue weighted by Gasteiger charge is -2.21. The van der Waals surface area contributed by atoms with E-state index in [9.17, 15) is 4.79 Å². The second-order valence-electron chi connectivity index (χ2n) is 9.33. The van der Waals surface area contributed by atoms with Crippen molar-refractivity contribution in [3.8, 4) is 11.5 Å². The van der Waals surface area contributed by atoms with Gasteiger partial charge in [-0.25, -0.2) is 4.79 Å². The van der Waals surface area contributed by atoms with Crippen LogP contribution in [0.25, 0.3) is 11.6 Å². The SMILES string of the molecule is COc1ccc(/C(C)=C\c2c[nH]c(=O)n2C(c2ccccc2)c2ccccc2)cc1OC1CCCC1. The van der Waals surface area contributed by atoms with Crippen molar-refractivity contribution in [1.29, 1.82) is 0 Å². The molecular formula is C31H32N2O3. The van der Waals surface area contributed by atoms with Crippen LogP contribution in [0.15, 0.2) is 89.9 Å². The van der Waals surface area contributed by atoms with Crippen molar-refractivity contribution in [3.63, 3.8) is 0 Å². The van der Waals surface area contributed by atoms with E-state index >= 15 is 0 Å². The van der Waals surface area contributed by atoms with Crippen molar-refractivity contribution in [2.24, 2.45) is 0 Å². The Morgan fingerprint density at radius 3 is 2.19 bits per heavy atom. The molecule has 36 heavy (non-hydrogen) atoms. The molecule has 0 unspecified atom stereocenters. The molecule has 0 amide bonds. The standard InChI is InChI=1S/C31H32N2O3/c1-22(25-17-18-28(35-2)29(20-25)36-27-15-9-10-16-27)19-26-21-32-31(34)33(26)30(23-11-5-3-6-12-23)24-13-7-4-8-14-24/h3-8,11-14,17-21,27,30H,9-10,15-16H2,1-2H3,(H,32,34)/b22-19-. The summed E-state index contributed by atoms with van der Waals surface area (Å²) >= 11 is 0. The summed E-state index contributed by atoms with van der Waals surface area (Å²) < 4.78 is 13.7. The first-order chi connectivity index (χ1) is 17.6. The van der Waals surface area contributed by atoms with E-state index in [1.165, 1.54) is 12.8 Å². The molecule has 0 saturated heterocycles. The normalized spacial score (nSPS) is 14.4. The molecule has 5 nitrogen and oxygen atoms in total. The third kappa shape index (κ3) is 5.01. The topological polar surface area (TPSA) is 56.2 Å². The number of nitrogens with one attached hydrogen (secondary N) is 1. The highest BCUT2D eigenvalue weighted by atomic mass is 16.5. The number of methoxy groups -OCH3 is 1. The maximum atomic E-state index is 13.1. The van der Waals surface area contributed by atoms with E-state index in [1.807, 2.05) is 59.2 Å². The quantitative estimate of drug-likeness (QED) is 0.305. The van der Waals surface area contributed by atoms with Gasteiger partial charge in [-0.1, -0.05) is 66.7 Å². The lowest BCUT2D eigenvalue weighted by molar-refractivity contribution is 0.201. The molecule has 0 aliphatic heterocycles. The highest BCUT2D eigenvalue weighted by Crippen LogP contribution is 2.35. The average molecular weight is 481 g/mol. The Morgan fingerprint density at radius 1 is 0.944 bits per heavy atom. The summed E-state index contributed by atoms with van der Waals surface area (Å²) in [5.74, 6) is 1.51. The molecule has 0 radical (unpaired) electrons. The third-order valence-electron chi connectivity index (χ3n) is 6.91. The van der Waals surface area contributed by atoms with Gasteiger partial charge in [0.2, 0.25) is 0 Å². The zero-order chi connectivity index (χ0) is 24.9. The maximum Gasteiger partial charge on any atom is 0.326 e. The van der Waals surface area contributed by atoms with E-state index in [0.29, 0.717) is 0 Å². The van der Waals surface area contributed by atoms with Gasteiger partial charge in [0.15, 0.2) is 11.5 Å². The minimum Gasteiger partial charge on any atom is -0.493 e. The van der Waals surface area contributed by atoms with Gasteiger partial charge in [0.25, 0.3) is 0 Å². The zero-order valence-corrected chi connectivity index (χ0v) is 20.8. The van der Waals surface area contributed by atoms with Crippen LogP contribution in [-0.4, -0.2) is 22.8 Å². The van der Waals surface area contributed by atoms with Crippen LogP contribution < -0.4 is 15.2 Å². The van der Waals surface area contributed by atoms with Crippen LogP contribution in [0.4, 0.5) is 0 Å². The molecule has 0 bridgehead atoms. The Morgan fingerprint density at radius 2 is 1.58 bits per heavy atom. The van der Waals surface area contributed by atoms with Gasteiger partial charge in [0.05, 0.1) is 24.9 Å². The average Bonchev–Trinajstić information content (AvgIpc) is 3.56. The highest BCUT2D eigenvalue weighted by molar-refractivity contribution is 5.80. The molecule has 1 fully saturated rings. The van der Waals surface area contributed by atoms with Gasteiger partial charge in [-0.3, -0.25) is 4.57 Å². The van der Waals surface area contributed by atoms with Crippen molar-refractivity contribution in [2.45, 2.75) is 44.8 Å². The number of H-pyrrole nitrogens is 1. The minimum absolute atomic E-state index is 0.147. The van der Waals surface area contributed by atoms with Crippen LogP contribution in [-0.2, 0) is 0 Å². The fourth-order valence-corrected chi connectivity index (χ4v) is 5.04. The Bertz CT molecular complexity index is 1340. The smallest absolute Gasteiger partial charge is 0.326 e. The molecule has 1 aromatic heterocycles. The number of benzene rings is 3. The molecule has 4 aromatic rings. The van der Waals surface area contributed by atoms with Crippen LogP contribution in [0.3, 0.4) is 0 Å². The number of nitrogens with zero attached hydrogens (tertiary/aromatic N) is 1. The molecule has 1 aliphatic rings. The van der Waals surface area contributed by atoms with Crippen LogP contribution in [0.5, 0.6) is 11.5 Å². The number of hydrogen-bond acceptors (Lipinski definition) is 3. The number of hydrogen-bond donors (Lipinski definition) is 1. The van der Waals surface area contributed by atoms with E-state index in [1.54, 1.807) is 13.3 Å². The maximum absolute atomic E-state index is 13.1. The van der Waals surface area contributed by atoms with Gasteiger partial charge in [-0.05, 0) is 73.1 Å². The molecule has 5 rings (SSSR count). The largest absolute Gasteiger partial charge is 0.493 e. The Kier molecular flexibility index (Phi) is 7.08. The Hall–Kier alpha value is -3.99.